The van der Waals surface area contributed by atoms with E-state index >= 15 is 0 Å². The van der Waals surface area contributed by atoms with Gasteiger partial charge in [-0.15, -0.1) is 5.75 Å². The van der Waals surface area contributed by atoms with Gasteiger partial charge in [-0.1, -0.05) is 57.2 Å². The van der Waals surface area contributed by atoms with Gasteiger partial charge in [0.2, 0.25) is 0 Å². The van der Waals surface area contributed by atoms with Gasteiger partial charge in [0, 0.05) is 5.56 Å². The van der Waals surface area contributed by atoms with Crippen molar-refractivity contribution in [3.05, 3.63) is 48.0 Å². The maximum Gasteiger partial charge on any atom is 1.00 e. The molecule has 0 heterocycles. The monoisotopic (exact) mass is 416 g/mol. The fourth-order valence-electron chi connectivity index (χ4n) is 2.88. The minimum absolute atomic E-state index is 0. The van der Waals surface area contributed by atoms with Crippen LogP contribution in [-0.4, -0.2) is 13.0 Å². The maximum absolute atomic E-state index is 11.7. The molecule has 2 aromatic carbocycles. The standard InChI is InChI=1S/C20H26O5S.K/c1-2-3-4-5-6-7-12-18-19(13-9-14-20(18)26(22,23)24)25-17-11-8-10-16(21)15-17;/h8-11,13-15,21H,2-7,12H2,1H3,(H,22,23,24);/q;+1/p-1. The molecule has 0 aliphatic heterocycles. The normalized spacial score (nSPS) is 11.0. The third kappa shape index (κ3) is 8.23. The van der Waals surface area contributed by atoms with E-state index in [9.17, 15) is 18.1 Å². The van der Waals surface area contributed by atoms with Gasteiger partial charge in [0.1, 0.15) is 16.4 Å². The summed E-state index contributed by atoms with van der Waals surface area (Å²) >= 11 is 0. The number of rotatable bonds is 10. The molecule has 1 N–H and O–H groups in total. The Hall–Kier alpha value is -0.414. The predicted molar refractivity (Wildman–Crippen MR) is 99.3 cm³/mol. The average molecular weight is 417 g/mol. The van der Waals surface area contributed by atoms with Crippen molar-refractivity contribution >= 4 is 10.1 Å². The summed E-state index contributed by atoms with van der Waals surface area (Å²) in [5, 5.41) is 11.5. The Bertz CT molecular complexity index is 821. The predicted octanol–water partition coefficient (Wildman–Crippen LogP) is 1.71. The van der Waals surface area contributed by atoms with Crippen LogP contribution < -0.4 is 61.2 Å². The smallest absolute Gasteiger partial charge is 0.872 e. The van der Waals surface area contributed by atoms with E-state index in [0.717, 1.165) is 25.7 Å². The fourth-order valence-corrected chi connectivity index (χ4v) is 3.64. The molecule has 2 rings (SSSR count). The zero-order valence-electron chi connectivity index (χ0n) is 16.0. The summed E-state index contributed by atoms with van der Waals surface area (Å²) in [4.78, 5) is -0.137. The van der Waals surface area contributed by atoms with Crippen molar-refractivity contribution in [3.63, 3.8) is 0 Å². The number of unbranched alkanes of at least 4 members (excludes halogenated alkanes) is 5. The third-order valence-corrected chi connectivity index (χ3v) is 5.12. The molecule has 0 bridgehead atoms. The molecule has 2 aromatic rings. The van der Waals surface area contributed by atoms with Gasteiger partial charge in [-0.05, 0) is 37.1 Å². The third-order valence-electron chi connectivity index (χ3n) is 4.18. The van der Waals surface area contributed by atoms with Gasteiger partial charge >= 0.3 is 51.4 Å². The van der Waals surface area contributed by atoms with Crippen molar-refractivity contribution in [1.29, 1.82) is 0 Å². The van der Waals surface area contributed by atoms with Gasteiger partial charge in [0.25, 0.3) is 10.1 Å². The summed E-state index contributed by atoms with van der Waals surface area (Å²) in [6.45, 7) is 2.16. The minimum Gasteiger partial charge on any atom is -0.872 e. The molecule has 0 aromatic heterocycles. The Morgan fingerprint density at radius 1 is 1.00 bits per heavy atom. The Morgan fingerprint density at radius 3 is 2.33 bits per heavy atom. The SMILES string of the molecule is CCCCCCCCc1c(Oc2cccc([O-])c2)cccc1S(=O)(=O)O.[K+]. The van der Waals surface area contributed by atoms with E-state index < -0.39 is 10.1 Å². The molecule has 0 fully saturated rings. The largest absolute Gasteiger partial charge is 1.00 e. The average Bonchev–Trinajstić information content (AvgIpc) is 2.58. The summed E-state index contributed by atoms with van der Waals surface area (Å²) < 4.78 is 38.8. The molecule has 0 amide bonds. The van der Waals surface area contributed by atoms with Gasteiger partial charge < -0.3 is 9.84 Å². The van der Waals surface area contributed by atoms with Gasteiger partial charge in [-0.2, -0.15) is 8.42 Å². The molecule has 7 heteroatoms. The van der Waals surface area contributed by atoms with Gasteiger partial charge in [-0.3, -0.25) is 4.55 Å². The van der Waals surface area contributed by atoms with Crippen molar-refractivity contribution in [1.82, 2.24) is 0 Å². The van der Waals surface area contributed by atoms with Crippen LogP contribution in [-0.2, 0) is 16.5 Å². The zero-order chi connectivity index (χ0) is 19.0. The van der Waals surface area contributed by atoms with Crippen LogP contribution in [0, 0.1) is 0 Å². The van der Waals surface area contributed by atoms with Gasteiger partial charge in [-0.25, -0.2) is 0 Å². The van der Waals surface area contributed by atoms with E-state index in [-0.39, 0.29) is 62.0 Å². The second-order valence-electron chi connectivity index (χ2n) is 6.30. The molecule has 27 heavy (non-hydrogen) atoms. The van der Waals surface area contributed by atoms with Crippen molar-refractivity contribution < 1.29 is 74.2 Å². The molecule has 0 radical (unpaired) electrons. The topological polar surface area (TPSA) is 86.7 Å². The number of ether oxygens (including phenoxy) is 1. The quantitative estimate of drug-likeness (QED) is 0.362. The Morgan fingerprint density at radius 2 is 1.67 bits per heavy atom. The molecule has 0 saturated heterocycles. The van der Waals surface area contributed by atoms with Crippen molar-refractivity contribution in [2.24, 2.45) is 0 Å². The van der Waals surface area contributed by atoms with E-state index in [1.54, 1.807) is 18.2 Å². The first-order valence-corrected chi connectivity index (χ1v) is 10.4. The number of hydrogen-bond acceptors (Lipinski definition) is 4. The van der Waals surface area contributed by atoms with Crippen LogP contribution in [0.1, 0.15) is 51.0 Å². The molecule has 0 spiro atoms. The first-order chi connectivity index (χ1) is 12.4. The Kier molecular flexibility index (Phi) is 11.1. The van der Waals surface area contributed by atoms with E-state index in [0.29, 0.717) is 23.5 Å². The molecular formula is C20H25KO5S. The molecule has 0 aliphatic carbocycles. The molecule has 142 valence electrons. The Labute approximate surface area is 204 Å². The van der Waals surface area contributed by atoms with Crippen LogP contribution in [0.2, 0.25) is 0 Å². The summed E-state index contributed by atoms with van der Waals surface area (Å²) in [6.07, 6.45) is 6.88. The van der Waals surface area contributed by atoms with Crippen LogP contribution in [0.5, 0.6) is 17.2 Å². The second kappa shape index (κ2) is 12.2. The Balaban J connectivity index is 0.00000364. The minimum atomic E-state index is -4.35. The fraction of sp³-hybridized carbons (Fsp3) is 0.400. The maximum atomic E-state index is 11.7. The van der Waals surface area contributed by atoms with E-state index in [1.165, 1.54) is 37.1 Å². The van der Waals surface area contributed by atoms with Crippen LogP contribution >= 0.6 is 0 Å². The molecule has 0 saturated carbocycles. The summed E-state index contributed by atoms with van der Waals surface area (Å²) in [5.74, 6) is 0.499. The molecule has 0 unspecified atom stereocenters. The first kappa shape index (κ1) is 24.6. The van der Waals surface area contributed by atoms with Crippen molar-refractivity contribution in [2.75, 3.05) is 0 Å². The van der Waals surface area contributed by atoms with E-state index in [2.05, 4.69) is 6.92 Å². The van der Waals surface area contributed by atoms with Crippen LogP contribution in [0.25, 0.3) is 0 Å². The van der Waals surface area contributed by atoms with Gasteiger partial charge in [0.05, 0.1) is 0 Å². The van der Waals surface area contributed by atoms with Crippen molar-refractivity contribution in [3.8, 4) is 17.2 Å². The summed E-state index contributed by atoms with van der Waals surface area (Å²) in [5.41, 5.74) is 0.446. The number of benzene rings is 2. The van der Waals surface area contributed by atoms with Crippen LogP contribution in [0.4, 0.5) is 0 Å². The van der Waals surface area contributed by atoms with Gasteiger partial charge in [0.15, 0.2) is 0 Å². The molecular weight excluding hydrogens is 391 g/mol. The van der Waals surface area contributed by atoms with E-state index in [4.69, 9.17) is 4.74 Å². The van der Waals surface area contributed by atoms with Crippen molar-refractivity contribution in [2.45, 2.75) is 56.8 Å². The summed E-state index contributed by atoms with van der Waals surface area (Å²) in [7, 11) is -4.35. The second-order valence-corrected chi connectivity index (χ2v) is 7.69. The van der Waals surface area contributed by atoms with Crippen LogP contribution in [0.15, 0.2) is 47.4 Å². The molecule has 5 nitrogen and oxygen atoms in total. The zero-order valence-corrected chi connectivity index (χ0v) is 19.9. The summed E-state index contributed by atoms with van der Waals surface area (Å²) in [6, 6.07) is 10.5. The molecule has 0 atom stereocenters. The molecule has 0 aliphatic rings. The van der Waals surface area contributed by atoms with Crippen LogP contribution in [0.3, 0.4) is 0 Å². The first-order valence-electron chi connectivity index (χ1n) is 8.96. The number of hydrogen-bond donors (Lipinski definition) is 1. The van der Waals surface area contributed by atoms with E-state index in [1.807, 2.05) is 0 Å².